The molecule has 2 aromatic rings. The molecule has 128 valence electrons. The van der Waals surface area contributed by atoms with Crippen molar-refractivity contribution in [3.05, 3.63) is 35.9 Å². The molecule has 0 atom stereocenters. The molecular formula is C17H22ClN5O. The number of amides is 1. The summed E-state index contributed by atoms with van der Waals surface area (Å²) in [7, 11) is 0. The van der Waals surface area contributed by atoms with Gasteiger partial charge in [0.25, 0.3) is 0 Å². The molecular weight excluding hydrogens is 326 g/mol. The fourth-order valence-corrected chi connectivity index (χ4v) is 3.46. The Balaban J connectivity index is 1.73. The smallest absolute Gasteiger partial charge is 0.238 e. The third-order valence-corrected chi connectivity index (χ3v) is 4.73. The summed E-state index contributed by atoms with van der Waals surface area (Å²) >= 11 is 6.09. The average molecular weight is 348 g/mol. The summed E-state index contributed by atoms with van der Waals surface area (Å²) in [4.78, 5) is 18.7. The van der Waals surface area contributed by atoms with Crippen molar-refractivity contribution in [1.29, 1.82) is 0 Å². The van der Waals surface area contributed by atoms with Crippen molar-refractivity contribution in [1.82, 2.24) is 19.7 Å². The molecule has 7 heteroatoms. The maximum Gasteiger partial charge on any atom is 0.238 e. The number of benzene rings is 1. The molecule has 1 aliphatic rings. The maximum absolute atomic E-state index is 12.5. The zero-order chi connectivity index (χ0) is 16.9. The van der Waals surface area contributed by atoms with Crippen LogP contribution >= 0.6 is 11.6 Å². The van der Waals surface area contributed by atoms with Gasteiger partial charge in [0.2, 0.25) is 5.91 Å². The van der Waals surface area contributed by atoms with E-state index in [-0.39, 0.29) is 5.91 Å². The fourth-order valence-electron chi connectivity index (χ4n) is 3.28. The number of carbonyl (C=O) groups excluding carboxylic acids is 1. The first-order valence-electron chi connectivity index (χ1n) is 8.36. The van der Waals surface area contributed by atoms with Gasteiger partial charge in [-0.25, -0.2) is 9.67 Å². The number of carbonyl (C=O) groups is 1. The lowest BCUT2D eigenvalue weighted by Gasteiger charge is -2.26. The Kier molecular flexibility index (Phi) is 5.48. The Hall–Kier alpha value is -1.92. The normalized spacial score (nSPS) is 15.1. The van der Waals surface area contributed by atoms with E-state index in [0.29, 0.717) is 23.3 Å². The molecule has 0 saturated heterocycles. The Morgan fingerprint density at radius 1 is 1.42 bits per heavy atom. The molecule has 24 heavy (non-hydrogen) atoms. The van der Waals surface area contributed by atoms with Gasteiger partial charge in [0, 0.05) is 11.1 Å². The number of likely N-dealkylation sites (N-methyl/N-ethyl adjacent to an activating group) is 1. The largest absolute Gasteiger partial charge is 0.323 e. The highest BCUT2D eigenvalue weighted by atomic mass is 35.5. The molecule has 1 aliphatic carbocycles. The molecule has 6 nitrogen and oxygen atoms in total. The Bertz CT molecular complexity index is 682. The first-order chi connectivity index (χ1) is 11.7. The minimum Gasteiger partial charge on any atom is -0.323 e. The topological polar surface area (TPSA) is 63.1 Å². The van der Waals surface area contributed by atoms with Gasteiger partial charge >= 0.3 is 0 Å². The van der Waals surface area contributed by atoms with Crippen molar-refractivity contribution in [2.75, 3.05) is 18.4 Å². The van der Waals surface area contributed by atoms with Crippen LogP contribution in [0.5, 0.6) is 0 Å². The van der Waals surface area contributed by atoms with E-state index in [4.69, 9.17) is 11.6 Å². The van der Waals surface area contributed by atoms with Crippen LogP contribution < -0.4 is 5.32 Å². The lowest BCUT2D eigenvalue weighted by atomic mass is 10.2. The monoisotopic (exact) mass is 347 g/mol. The summed E-state index contributed by atoms with van der Waals surface area (Å²) in [5.41, 5.74) is 1.38. The van der Waals surface area contributed by atoms with Crippen LogP contribution in [0.15, 0.2) is 30.9 Å². The zero-order valence-electron chi connectivity index (χ0n) is 13.8. The van der Waals surface area contributed by atoms with E-state index < -0.39 is 0 Å². The summed E-state index contributed by atoms with van der Waals surface area (Å²) < 4.78 is 1.61. The van der Waals surface area contributed by atoms with Crippen molar-refractivity contribution >= 4 is 23.2 Å². The fraction of sp³-hybridized carbons (Fsp3) is 0.471. The number of hydrogen-bond donors (Lipinski definition) is 1. The van der Waals surface area contributed by atoms with Crippen LogP contribution in [0.1, 0.15) is 32.6 Å². The Morgan fingerprint density at radius 3 is 2.88 bits per heavy atom. The van der Waals surface area contributed by atoms with Crippen molar-refractivity contribution < 1.29 is 4.79 Å². The molecule has 1 aromatic carbocycles. The van der Waals surface area contributed by atoms with Crippen molar-refractivity contribution in [2.24, 2.45) is 0 Å². The highest BCUT2D eigenvalue weighted by molar-refractivity contribution is 6.31. The second-order valence-electron chi connectivity index (χ2n) is 6.05. The van der Waals surface area contributed by atoms with Crippen LogP contribution in [0, 0.1) is 0 Å². The van der Waals surface area contributed by atoms with E-state index in [1.807, 2.05) is 6.07 Å². The molecule has 1 aromatic heterocycles. The molecule has 1 saturated carbocycles. The average Bonchev–Trinajstić information content (AvgIpc) is 3.26. The van der Waals surface area contributed by atoms with E-state index in [2.05, 4.69) is 27.2 Å². The minimum absolute atomic E-state index is 0.0348. The molecule has 1 fully saturated rings. The number of nitrogens with zero attached hydrogens (tertiary/aromatic N) is 4. The van der Waals surface area contributed by atoms with Crippen molar-refractivity contribution in [3.8, 4) is 5.69 Å². The van der Waals surface area contributed by atoms with E-state index in [1.54, 1.807) is 23.1 Å². The van der Waals surface area contributed by atoms with Gasteiger partial charge in [-0.15, -0.1) is 0 Å². The number of anilines is 1. The van der Waals surface area contributed by atoms with Gasteiger partial charge < -0.3 is 5.32 Å². The minimum atomic E-state index is -0.0348. The van der Waals surface area contributed by atoms with Crippen molar-refractivity contribution in [3.63, 3.8) is 0 Å². The summed E-state index contributed by atoms with van der Waals surface area (Å²) in [5, 5.41) is 7.67. The highest BCUT2D eigenvalue weighted by Crippen LogP contribution is 2.25. The molecule has 0 bridgehead atoms. The van der Waals surface area contributed by atoms with Crippen LogP contribution in [0.2, 0.25) is 5.02 Å². The second kappa shape index (κ2) is 7.77. The molecule has 0 aliphatic heterocycles. The van der Waals surface area contributed by atoms with Gasteiger partial charge in [-0.3, -0.25) is 9.69 Å². The van der Waals surface area contributed by atoms with Crippen LogP contribution in [0.3, 0.4) is 0 Å². The number of nitrogens with one attached hydrogen (secondary N) is 1. The maximum atomic E-state index is 12.5. The van der Waals surface area contributed by atoms with Crippen LogP contribution in [0.25, 0.3) is 5.69 Å². The van der Waals surface area contributed by atoms with Gasteiger partial charge in [-0.2, -0.15) is 5.10 Å². The summed E-state index contributed by atoms with van der Waals surface area (Å²) in [6.07, 6.45) is 7.93. The Labute approximate surface area is 146 Å². The molecule has 0 spiro atoms. The molecule has 0 unspecified atom stereocenters. The quantitative estimate of drug-likeness (QED) is 0.872. The number of rotatable bonds is 6. The standard InChI is InChI=1S/C17H22ClN5O/c1-2-22(14-5-3-4-6-14)10-17(24)21-15-9-13(18)7-8-16(15)23-12-19-11-20-23/h7-9,11-12,14H,2-6,10H2,1H3,(H,21,24). The lowest BCUT2D eigenvalue weighted by Crippen LogP contribution is -2.39. The number of halogens is 1. The summed E-state index contributed by atoms with van der Waals surface area (Å²) in [5.74, 6) is -0.0348. The van der Waals surface area contributed by atoms with E-state index >= 15 is 0 Å². The van der Waals surface area contributed by atoms with Crippen LogP contribution in [-0.4, -0.2) is 44.7 Å². The molecule has 0 radical (unpaired) electrons. The summed E-state index contributed by atoms with van der Waals surface area (Å²) in [6, 6.07) is 5.85. The van der Waals surface area contributed by atoms with Crippen LogP contribution in [0.4, 0.5) is 5.69 Å². The van der Waals surface area contributed by atoms with Gasteiger partial charge in [-0.05, 0) is 37.6 Å². The predicted molar refractivity (Wildman–Crippen MR) is 94.5 cm³/mol. The van der Waals surface area contributed by atoms with Gasteiger partial charge in [0.1, 0.15) is 12.7 Å². The predicted octanol–water partition coefficient (Wildman–Crippen LogP) is 3.12. The van der Waals surface area contributed by atoms with Gasteiger partial charge in [0.05, 0.1) is 17.9 Å². The SMILES string of the molecule is CCN(CC(=O)Nc1cc(Cl)ccc1-n1cncn1)C1CCCC1. The number of hydrogen-bond acceptors (Lipinski definition) is 4. The molecule has 1 N–H and O–H groups in total. The van der Waals surface area contributed by atoms with Gasteiger partial charge in [0.15, 0.2) is 0 Å². The first-order valence-corrected chi connectivity index (χ1v) is 8.73. The molecule has 1 heterocycles. The van der Waals surface area contributed by atoms with E-state index in [9.17, 15) is 4.79 Å². The number of aromatic nitrogens is 3. The van der Waals surface area contributed by atoms with Crippen LogP contribution in [-0.2, 0) is 4.79 Å². The highest BCUT2D eigenvalue weighted by Gasteiger charge is 2.23. The summed E-state index contributed by atoms with van der Waals surface area (Å²) in [6.45, 7) is 3.37. The van der Waals surface area contributed by atoms with E-state index in [0.717, 1.165) is 12.2 Å². The zero-order valence-corrected chi connectivity index (χ0v) is 14.5. The van der Waals surface area contributed by atoms with Gasteiger partial charge in [-0.1, -0.05) is 31.4 Å². The Morgan fingerprint density at radius 2 is 2.21 bits per heavy atom. The van der Waals surface area contributed by atoms with Crippen molar-refractivity contribution in [2.45, 2.75) is 38.6 Å². The molecule has 3 rings (SSSR count). The second-order valence-corrected chi connectivity index (χ2v) is 6.49. The third kappa shape index (κ3) is 3.94. The molecule has 1 amide bonds. The van der Waals surface area contributed by atoms with E-state index in [1.165, 1.54) is 32.0 Å². The first kappa shape index (κ1) is 16.9. The third-order valence-electron chi connectivity index (χ3n) is 4.49. The lowest BCUT2D eigenvalue weighted by molar-refractivity contribution is -0.117.